The van der Waals surface area contributed by atoms with E-state index in [2.05, 4.69) is 19.6 Å². The van der Waals surface area contributed by atoms with Crippen molar-refractivity contribution in [1.29, 1.82) is 0 Å². The molecular formula is C23H24FN5S. The molecule has 0 amide bonds. The Morgan fingerprint density at radius 1 is 1.03 bits per heavy atom. The molecule has 154 valence electrons. The molecule has 30 heavy (non-hydrogen) atoms. The number of nitrogens with zero attached hydrogens (tertiary/aromatic N) is 5. The molecule has 0 N–H and O–H groups in total. The van der Waals surface area contributed by atoms with E-state index in [0.29, 0.717) is 0 Å². The van der Waals surface area contributed by atoms with Gasteiger partial charge in [0.1, 0.15) is 5.82 Å². The molecule has 0 bridgehead atoms. The minimum Gasteiger partial charge on any atom is -0.348 e. The standard InChI is InChI=1S/C23H24FN5S/c1-25-20-13-16(5-6-19(20)24)17-14-21-22(26-15-17)27-23(30-21)29-11-7-18(8-12-29)28-9-3-2-4-10-28/h5-6,13-15,18H,2-4,7-12H2. The van der Waals surface area contributed by atoms with Gasteiger partial charge in [-0.15, -0.1) is 0 Å². The zero-order valence-electron chi connectivity index (χ0n) is 16.9. The number of aromatic nitrogens is 2. The van der Waals surface area contributed by atoms with Gasteiger partial charge in [-0.05, 0) is 62.5 Å². The molecule has 5 rings (SSSR count). The number of hydrogen-bond donors (Lipinski definition) is 0. The van der Waals surface area contributed by atoms with Crippen molar-refractivity contribution in [2.45, 2.75) is 38.1 Å². The number of hydrogen-bond acceptors (Lipinski definition) is 5. The third kappa shape index (κ3) is 3.78. The van der Waals surface area contributed by atoms with E-state index >= 15 is 0 Å². The summed E-state index contributed by atoms with van der Waals surface area (Å²) in [5.74, 6) is -0.490. The van der Waals surface area contributed by atoms with Crippen molar-refractivity contribution in [2.24, 2.45) is 0 Å². The van der Waals surface area contributed by atoms with E-state index in [1.54, 1.807) is 29.7 Å². The zero-order chi connectivity index (χ0) is 20.5. The molecule has 1 aromatic carbocycles. The van der Waals surface area contributed by atoms with Crippen LogP contribution in [-0.2, 0) is 0 Å². The van der Waals surface area contributed by atoms with E-state index in [9.17, 15) is 4.39 Å². The van der Waals surface area contributed by atoms with Gasteiger partial charge < -0.3 is 9.80 Å². The lowest BCUT2D eigenvalue weighted by Gasteiger charge is -2.40. The van der Waals surface area contributed by atoms with Crippen LogP contribution in [0.1, 0.15) is 32.1 Å². The first kappa shape index (κ1) is 19.4. The maximum atomic E-state index is 13.6. The Morgan fingerprint density at radius 2 is 1.83 bits per heavy atom. The Bertz CT molecular complexity index is 1090. The van der Waals surface area contributed by atoms with Gasteiger partial charge in [-0.25, -0.2) is 14.2 Å². The van der Waals surface area contributed by atoms with E-state index < -0.39 is 5.82 Å². The van der Waals surface area contributed by atoms with Crippen LogP contribution < -0.4 is 4.90 Å². The first-order valence-corrected chi connectivity index (χ1v) is 11.5. The summed E-state index contributed by atoms with van der Waals surface area (Å²) in [6.07, 6.45) is 8.23. The molecule has 0 unspecified atom stereocenters. The number of rotatable bonds is 3. The Labute approximate surface area is 180 Å². The van der Waals surface area contributed by atoms with Crippen molar-refractivity contribution < 1.29 is 4.39 Å². The molecule has 0 atom stereocenters. The van der Waals surface area contributed by atoms with Gasteiger partial charge in [0.25, 0.3) is 0 Å². The third-order valence-corrected chi connectivity index (χ3v) is 7.33. The van der Waals surface area contributed by atoms with Gasteiger partial charge in [0.2, 0.25) is 5.69 Å². The van der Waals surface area contributed by atoms with Crippen molar-refractivity contribution in [2.75, 3.05) is 31.1 Å². The Morgan fingerprint density at radius 3 is 2.60 bits per heavy atom. The average molecular weight is 422 g/mol. The predicted molar refractivity (Wildman–Crippen MR) is 120 cm³/mol. The van der Waals surface area contributed by atoms with Gasteiger partial charge in [0.15, 0.2) is 10.8 Å². The summed E-state index contributed by atoms with van der Waals surface area (Å²) in [6, 6.07) is 7.39. The molecule has 2 saturated heterocycles. The molecule has 7 heteroatoms. The van der Waals surface area contributed by atoms with E-state index in [-0.39, 0.29) is 5.69 Å². The smallest absolute Gasteiger partial charge is 0.222 e. The van der Waals surface area contributed by atoms with Crippen LogP contribution in [0.15, 0.2) is 30.5 Å². The van der Waals surface area contributed by atoms with Crippen LogP contribution in [0.3, 0.4) is 0 Å². The van der Waals surface area contributed by atoms with Crippen molar-refractivity contribution in [3.05, 3.63) is 47.7 Å². The second-order valence-corrected chi connectivity index (χ2v) is 9.14. The summed E-state index contributed by atoms with van der Waals surface area (Å²) in [4.78, 5) is 17.6. The molecule has 4 heterocycles. The molecule has 5 nitrogen and oxygen atoms in total. The summed E-state index contributed by atoms with van der Waals surface area (Å²) in [7, 11) is 0. The van der Waals surface area contributed by atoms with Crippen LogP contribution in [0.4, 0.5) is 15.2 Å². The Hall–Kier alpha value is -2.56. The van der Waals surface area contributed by atoms with Crippen LogP contribution in [0.5, 0.6) is 0 Å². The highest BCUT2D eigenvalue weighted by Gasteiger charge is 2.27. The van der Waals surface area contributed by atoms with Crippen LogP contribution in [0, 0.1) is 12.4 Å². The molecule has 0 aliphatic carbocycles. The second-order valence-electron chi connectivity index (χ2n) is 8.14. The topological polar surface area (TPSA) is 36.6 Å². The van der Waals surface area contributed by atoms with Crippen LogP contribution >= 0.6 is 11.3 Å². The summed E-state index contributed by atoms with van der Waals surface area (Å²) in [6.45, 7) is 11.7. The maximum Gasteiger partial charge on any atom is 0.222 e. The number of pyridine rings is 1. The summed E-state index contributed by atoms with van der Waals surface area (Å²) in [5.41, 5.74) is 2.47. The highest BCUT2D eigenvalue weighted by atomic mass is 32.1. The number of piperidine rings is 2. The molecule has 0 radical (unpaired) electrons. The number of fused-ring (bicyclic) bond motifs is 1. The minimum atomic E-state index is -0.490. The van der Waals surface area contributed by atoms with E-state index in [4.69, 9.17) is 11.6 Å². The monoisotopic (exact) mass is 421 g/mol. The molecule has 2 aliphatic heterocycles. The lowest BCUT2D eigenvalue weighted by molar-refractivity contribution is 0.141. The first-order chi connectivity index (χ1) is 14.7. The maximum absolute atomic E-state index is 13.6. The highest BCUT2D eigenvalue weighted by molar-refractivity contribution is 7.22. The minimum absolute atomic E-state index is 0.0363. The van der Waals surface area contributed by atoms with Gasteiger partial charge in [-0.1, -0.05) is 23.8 Å². The number of likely N-dealkylation sites (tertiary alicyclic amines) is 1. The molecule has 0 spiro atoms. The highest BCUT2D eigenvalue weighted by Crippen LogP contribution is 2.34. The molecule has 3 aromatic rings. The fourth-order valence-corrected chi connectivity index (χ4v) is 5.60. The molecular weight excluding hydrogens is 397 g/mol. The predicted octanol–water partition coefficient (Wildman–Crippen LogP) is 5.50. The van der Waals surface area contributed by atoms with Crippen LogP contribution in [-0.4, -0.2) is 47.1 Å². The molecule has 0 saturated carbocycles. The van der Waals surface area contributed by atoms with Crippen LogP contribution in [0.25, 0.3) is 26.3 Å². The summed E-state index contributed by atoms with van der Waals surface area (Å²) >= 11 is 1.67. The van der Waals surface area contributed by atoms with Gasteiger partial charge in [-0.2, -0.15) is 4.98 Å². The Kier molecular flexibility index (Phi) is 5.36. The fourth-order valence-electron chi connectivity index (χ4n) is 4.59. The lowest BCUT2D eigenvalue weighted by atomic mass is 10.0. The Balaban J connectivity index is 1.33. The molecule has 2 fully saturated rings. The number of thiazole rings is 1. The van der Waals surface area contributed by atoms with Gasteiger partial charge >= 0.3 is 0 Å². The van der Waals surface area contributed by atoms with Gasteiger partial charge in [0.05, 0.1) is 11.3 Å². The number of halogens is 1. The van der Waals surface area contributed by atoms with E-state index in [0.717, 1.165) is 45.7 Å². The number of benzene rings is 1. The largest absolute Gasteiger partial charge is 0.348 e. The molecule has 2 aliphatic rings. The van der Waals surface area contributed by atoms with Crippen molar-refractivity contribution in [3.63, 3.8) is 0 Å². The van der Waals surface area contributed by atoms with Crippen molar-refractivity contribution in [3.8, 4) is 11.1 Å². The molecule has 2 aromatic heterocycles. The van der Waals surface area contributed by atoms with Gasteiger partial charge in [-0.3, -0.25) is 0 Å². The quantitative estimate of drug-likeness (QED) is 0.523. The lowest BCUT2D eigenvalue weighted by Crippen LogP contribution is -2.46. The fraction of sp³-hybridized carbons (Fsp3) is 0.435. The van der Waals surface area contributed by atoms with Crippen LogP contribution in [0.2, 0.25) is 0 Å². The summed E-state index contributed by atoms with van der Waals surface area (Å²) < 4.78 is 14.7. The SMILES string of the molecule is [C-]#[N+]c1cc(-c2cnc3nc(N4CCC(N5CCCCC5)CC4)sc3c2)ccc1F. The van der Waals surface area contributed by atoms with Gasteiger partial charge in [0, 0.05) is 30.9 Å². The van der Waals surface area contributed by atoms with E-state index in [1.807, 2.05) is 6.07 Å². The average Bonchev–Trinajstić information content (AvgIpc) is 3.23. The van der Waals surface area contributed by atoms with Crippen molar-refractivity contribution >= 4 is 32.5 Å². The third-order valence-electron chi connectivity index (χ3n) is 6.28. The second kappa shape index (κ2) is 8.29. The summed E-state index contributed by atoms with van der Waals surface area (Å²) in [5, 5.41) is 1.03. The first-order valence-electron chi connectivity index (χ1n) is 10.6. The zero-order valence-corrected chi connectivity index (χ0v) is 17.7. The number of anilines is 1. The van der Waals surface area contributed by atoms with Crippen molar-refractivity contribution in [1.82, 2.24) is 14.9 Å². The van der Waals surface area contributed by atoms with E-state index in [1.165, 1.54) is 51.3 Å². The normalized spacial score (nSPS) is 18.6.